The number of fused-ring (bicyclic) bond motifs is 1. The lowest BCUT2D eigenvalue weighted by Gasteiger charge is -2.21. The number of halogens is 1. The fourth-order valence-corrected chi connectivity index (χ4v) is 4.99. The van der Waals surface area contributed by atoms with Gasteiger partial charge in [0.2, 0.25) is 5.91 Å². The summed E-state index contributed by atoms with van der Waals surface area (Å²) >= 11 is 7.87. The number of hydrogen-bond acceptors (Lipinski definition) is 6. The van der Waals surface area contributed by atoms with Crippen molar-refractivity contribution in [1.82, 2.24) is 19.7 Å². The van der Waals surface area contributed by atoms with Gasteiger partial charge in [0.05, 0.1) is 13.2 Å². The molecular weight excluding hydrogens is 412 g/mol. The summed E-state index contributed by atoms with van der Waals surface area (Å²) in [6.07, 6.45) is 3.78. The normalized spacial score (nSPS) is 17.0. The first-order valence-corrected chi connectivity index (χ1v) is 11.4. The van der Waals surface area contributed by atoms with Crippen LogP contribution in [0.3, 0.4) is 0 Å². The van der Waals surface area contributed by atoms with E-state index in [0.29, 0.717) is 30.3 Å². The minimum absolute atomic E-state index is 0.215. The molecule has 1 saturated heterocycles. The summed E-state index contributed by atoms with van der Waals surface area (Å²) in [7, 11) is 0. The van der Waals surface area contributed by atoms with Crippen molar-refractivity contribution < 1.29 is 14.3 Å². The molecule has 1 fully saturated rings. The number of benzene rings is 1. The fourth-order valence-electron chi connectivity index (χ4n) is 3.74. The Labute approximate surface area is 179 Å². The van der Waals surface area contributed by atoms with Crippen molar-refractivity contribution in [3.8, 4) is 5.75 Å². The summed E-state index contributed by atoms with van der Waals surface area (Å²) in [4.78, 5) is 14.2. The molecule has 0 unspecified atom stereocenters. The molecule has 2 aliphatic heterocycles. The van der Waals surface area contributed by atoms with E-state index in [-0.39, 0.29) is 12.7 Å². The molecule has 0 atom stereocenters. The number of aromatic nitrogens is 3. The lowest BCUT2D eigenvalue weighted by Crippen LogP contribution is -2.31. The predicted octanol–water partition coefficient (Wildman–Crippen LogP) is 4.01. The van der Waals surface area contributed by atoms with E-state index in [1.165, 1.54) is 0 Å². The highest BCUT2D eigenvalue weighted by Gasteiger charge is 2.22. The highest BCUT2D eigenvalue weighted by Crippen LogP contribution is 2.35. The van der Waals surface area contributed by atoms with Crippen LogP contribution < -0.4 is 4.74 Å². The summed E-state index contributed by atoms with van der Waals surface area (Å²) < 4.78 is 13.1. The molecule has 3 heterocycles. The highest BCUT2D eigenvalue weighted by atomic mass is 35.5. The van der Waals surface area contributed by atoms with E-state index in [4.69, 9.17) is 21.1 Å². The predicted molar refractivity (Wildman–Crippen MR) is 111 cm³/mol. The molecule has 4 rings (SSSR count). The molecule has 2 aromatic rings. The summed E-state index contributed by atoms with van der Waals surface area (Å²) in [6, 6.07) is 3.82. The van der Waals surface area contributed by atoms with Gasteiger partial charge in [-0.3, -0.25) is 4.79 Å². The number of rotatable bonds is 6. The lowest BCUT2D eigenvalue weighted by atomic mass is 10.1. The molecule has 1 aromatic carbocycles. The van der Waals surface area contributed by atoms with Crippen molar-refractivity contribution in [2.24, 2.45) is 0 Å². The van der Waals surface area contributed by atoms with Gasteiger partial charge >= 0.3 is 0 Å². The summed E-state index contributed by atoms with van der Waals surface area (Å²) in [5, 5.41) is 10.3. The molecule has 29 heavy (non-hydrogen) atoms. The number of amides is 1. The maximum atomic E-state index is 12.3. The number of hydrogen-bond donors (Lipinski definition) is 0. The van der Waals surface area contributed by atoms with Crippen molar-refractivity contribution in [2.75, 3.05) is 13.3 Å². The van der Waals surface area contributed by atoms with Gasteiger partial charge in [0, 0.05) is 41.4 Å². The molecule has 0 N–H and O–H groups in total. The Balaban J connectivity index is 1.49. The number of nitrogens with zero attached hydrogens (tertiary/aromatic N) is 4. The van der Waals surface area contributed by atoms with Crippen molar-refractivity contribution in [2.45, 2.75) is 63.2 Å². The smallest absolute Gasteiger partial charge is 0.222 e. The van der Waals surface area contributed by atoms with Crippen LogP contribution in [0, 0.1) is 0 Å². The largest absolute Gasteiger partial charge is 0.467 e. The zero-order chi connectivity index (χ0) is 20.2. The van der Waals surface area contributed by atoms with Crippen LogP contribution in [0.1, 0.15) is 49.6 Å². The quantitative estimate of drug-likeness (QED) is 0.637. The second kappa shape index (κ2) is 9.36. The van der Waals surface area contributed by atoms with Gasteiger partial charge in [0.1, 0.15) is 5.75 Å². The van der Waals surface area contributed by atoms with Crippen molar-refractivity contribution in [1.29, 1.82) is 0 Å². The molecular formula is C20H25ClN4O3S. The SMILES string of the molecule is CCn1c(CN2CCCCCC2=O)nnc1SCc1cc(Cl)cc2c1OCOC2. The van der Waals surface area contributed by atoms with Crippen LogP contribution >= 0.6 is 23.4 Å². The number of thioether (sulfide) groups is 1. The average molecular weight is 437 g/mol. The van der Waals surface area contributed by atoms with E-state index >= 15 is 0 Å². The van der Waals surface area contributed by atoms with E-state index in [1.807, 2.05) is 17.0 Å². The minimum Gasteiger partial charge on any atom is -0.467 e. The zero-order valence-electron chi connectivity index (χ0n) is 16.5. The number of ether oxygens (including phenoxy) is 2. The maximum absolute atomic E-state index is 12.3. The Hall–Kier alpha value is -1.77. The Bertz CT molecular complexity index is 889. The third-order valence-corrected chi connectivity index (χ3v) is 6.46. The molecule has 156 valence electrons. The number of likely N-dealkylation sites (tertiary alicyclic amines) is 1. The standard InChI is InChI=1S/C20H25ClN4O3S/c1-2-25-17(10-24-7-5-3-4-6-18(24)26)22-23-20(25)29-12-15-9-16(21)8-14-11-27-13-28-19(14)15/h8-9H,2-7,10-13H2,1H3. The van der Waals surface area contributed by atoms with E-state index in [9.17, 15) is 4.79 Å². The van der Waals surface area contributed by atoms with Crippen LogP contribution in [-0.4, -0.2) is 38.9 Å². The Kier molecular flexibility index (Phi) is 6.62. The van der Waals surface area contributed by atoms with Crippen molar-refractivity contribution >= 4 is 29.3 Å². The number of carbonyl (C=O) groups excluding carboxylic acids is 1. The number of carbonyl (C=O) groups is 1. The first-order chi connectivity index (χ1) is 14.2. The van der Waals surface area contributed by atoms with Gasteiger partial charge in [0.25, 0.3) is 0 Å². The highest BCUT2D eigenvalue weighted by molar-refractivity contribution is 7.98. The molecule has 2 aliphatic rings. The van der Waals surface area contributed by atoms with Gasteiger partial charge in [0.15, 0.2) is 17.8 Å². The van der Waals surface area contributed by atoms with Gasteiger partial charge in [-0.2, -0.15) is 0 Å². The van der Waals surface area contributed by atoms with Gasteiger partial charge in [-0.25, -0.2) is 0 Å². The van der Waals surface area contributed by atoms with Gasteiger partial charge < -0.3 is 18.9 Å². The molecule has 9 heteroatoms. The Morgan fingerprint density at radius 3 is 3.00 bits per heavy atom. The van der Waals surface area contributed by atoms with Crippen LogP contribution in [0.2, 0.25) is 5.02 Å². The van der Waals surface area contributed by atoms with Crippen LogP contribution in [-0.2, 0) is 35.0 Å². The third kappa shape index (κ3) is 4.70. The molecule has 7 nitrogen and oxygen atoms in total. The van der Waals surface area contributed by atoms with Crippen LogP contribution in [0.25, 0.3) is 0 Å². The van der Waals surface area contributed by atoms with Crippen molar-refractivity contribution in [3.63, 3.8) is 0 Å². The van der Waals surface area contributed by atoms with Crippen LogP contribution in [0.4, 0.5) is 0 Å². The van der Waals surface area contributed by atoms with Crippen LogP contribution in [0.5, 0.6) is 5.75 Å². The summed E-state index contributed by atoms with van der Waals surface area (Å²) in [5.74, 6) is 2.57. The molecule has 0 aliphatic carbocycles. The minimum atomic E-state index is 0.215. The molecule has 0 radical (unpaired) electrons. The Morgan fingerprint density at radius 2 is 2.14 bits per heavy atom. The average Bonchev–Trinajstić information content (AvgIpc) is 3.00. The van der Waals surface area contributed by atoms with E-state index < -0.39 is 0 Å². The summed E-state index contributed by atoms with van der Waals surface area (Å²) in [5.41, 5.74) is 1.99. The van der Waals surface area contributed by atoms with E-state index in [0.717, 1.165) is 60.2 Å². The fraction of sp³-hybridized carbons (Fsp3) is 0.550. The van der Waals surface area contributed by atoms with Crippen LogP contribution in [0.15, 0.2) is 17.3 Å². The second-order valence-corrected chi connectivity index (χ2v) is 8.60. The van der Waals surface area contributed by atoms with E-state index in [2.05, 4.69) is 21.7 Å². The zero-order valence-corrected chi connectivity index (χ0v) is 18.1. The van der Waals surface area contributed by atoms with Crippen molar-refractivity contribution in [3.05, 3.63) is 34.1 Å². The first-order valence-electron chi connectivity index (χ1n) is 10.00. The Morgan fingerprint density at radius 1 is 1.24 bits per heavy atom. The monoisotopic (exact) mass is 436 g/mol. The molecule has 0 saturated carbocycles. The molecule has 0 spiro atoms. The van der Waals surface area contributed by atoms with Gasteiger partial charge in [-0.15, -0.1) is 10.2 Å². The molecule has 1 amide bonds. The van der Waals surface area contributed by atoms with Gasteiger partial charge in [-0.05, 0) is 31.9 Å². The van der Waals surface area contributed by atoms with Gasteiger partial charge in [-0.1, -0.05) is 29.8 Å². The third-order valence-electron chi connectivity index (χ3n) is 5.22. The topological polar surface area (TPSA) is 69.5 Å². The molecule has 0 bridgehead atoms. The van der Waals surface area contributed by atoms with E-state index in [1.54, 1.807) is 11.8 Å². The lowest BCUT2D eigenvalue weighted by molar-refractivity contribution is -0.131. The maximum Gasteiger partial charge on any atom is 0.222 e. The molecule has 1 aromatic heterocycles. The second-order valence-electron chi connectivity index (χ2n) is 7.22. The first kappa shape index (κ1) is 20.5. The summed E-state index contributed by atoms with van der Waals surface area (Å²) in [6.45, 7) is 4.91.